The number of esters is 1. The van der Waals surface area contributed by atoms with Crippen LogP contribution in [0.1, 0.15) is 157 Å². The first-order valence-corrected chi connectivity index (χ1v) is 28.8. The molecule has 0 aliphatic carbocycles. The molecule has 61 heavy (non-hydrogen) atoms. The number of nitrogens with one attached hydrogen (secondary N) is 1. The van der Waals surface area contributed by atoms with E-state index in [4.69, 9.17) is 28.6 Å². The molecule has 7 atom stereocenters. The van der Waals surface area contributed by atoms with Crippen molar-refractivity contribution in [1.29, 1.82) is 0 Å². The number of hydrogen-bond donors (Lipinski definition) is 1. The van der Waals surface area contributed by atoms with E-state index in [2.05, 4.69) is 89.7 Å². The highest BCUT2D eigenvalue weighted by molar-refractivity contribution is 6.74. The van der Waals surface area contributed by atoms with Crippen LogP contribution in [0, 0.1) is 0 Å². The number of azide groups is 1. The van der Waals surface area contributed by atoms with Crippen LogP contribution in [0.3, 0.4) is 0 Å². The number of aromatic nitrogens is 2. The van der Waals surface area contributed by atoms with Crippen molar-refractivity contribution in [3.8, 4) is 0 Å². The molecular formula is C44H80N6O9Si2. The Morgan fingerprint density at radius 2 is 1.33 bits per heavy atom. The van der Waals surface area contributed by atoms with Gasteiger partial charge >= 0.3 is 11.7 Å². The summed E-state index contributed by atoms with van der Waals surface area (Å²) >= 11 is 0. The predicted molar refractivity (Wildman–Crippen MR) is 244 cm³/mol. The number of methoxy groups -OCH3 is 1. The second kappa shape index (κ2) is 23.8. The molecule has 0 spiro atoms. The molecule has 1 amide bonds. The second-order valence-electron chi connectivity index (χ2n) is 20.1. The van der Waals surface area contributed by atoms with Gasteiger partial charge in [0.2, 0.25) is 5.91 Å². The molecule has 1 aromatic heterocycles. The first-order chi connectivity index (χ1) is 28.6. The van der Waals surface area contributed by atoms with Crippen LogP contribution in [0.4, 0.5) is 0 Å². The summed E-state index contributed by atoms with van der Waals surface area (Å²) in [5.41, 5.74) is 7.75. The molecule has 0 radical (unpaired) electrons. The van der Waals surface area contributed by atoms with Crippen LogP contribution in [0.5, 0.6) is 0 Å². The maximum atomic E-state index is 14.4. The van der Waals surface area contributed by atoms with Gasteiger partial charge in [-0.25, -0.2) is 9.59 Å². The minimum atomic E-state index is -2.66. The first kappa shape index (κ1) is 52.5. The van der Waals surface area contributed by atoms with Crippen LogP contribution in [0.15, 0.2) is 27.0 Å². The number of rotatable bonds is 25. The van der Waals surface area contributed by atoms with E-state index in [1.165, 1.54) is 86.6 Å². The van der Waals surface area contributed by atoms with Crippen LogP contribution >= 0.6 is 0 Å². The van der Waals surface area contributed by atoms with Gasteiger partial charge in [-0.2, -0.15) is 0 Å². The smallest absolute Gasteiger partial charge is 0.331 e. The molecule has 0 bridgehead atoms. The highest BCUT2D eigenvalue weighted by Gasteiger charge is 2.62. The molecule has 2 aliphatic heterocycles. The quantitative estimate of drug-likeness (QED) is 0.0249. The first-order valence-electron chi connectivity index (χ1n) is 23.0. The van der Waals surface area contributed by atoms with Crippen LogP contribution in [-0.2, 0) is 32.7 Å². The summed E-state index contributed by atoms with van der Waals surface area (Å²) < 4.78 is 34.9. The maximum absolute atomic E-state index is 14.4. The minimum Gasteiger partial charge on any atom is -0.467 e. The number of hydrogen-bond acceptors (Lipinski definition) is 10. The van der Waals surface area contributed by atoms with Gasteiger partial charge in [0.15, 0.2) is 28.9 Å². The van der Waals surface area contributed by atoms with E-state index in [0.717, 1.165) is 19.3 Å². The van der Waals surface area contributed by atoms with Gasteiger partial charge in [-0.3, -0.25) is 19.1 Å². The van der Waals surface area contributed by atoms with E-state index in [0.29, 0.717) is 19.3 Å². The van der Waals surface area contributed by atoms with Gasteiger partial charge in [0.1, 0.15) is 30.6 Å². The molecule has 3 rings (SSSR count). The van der Waals surface area contributed by atoms with Crippen molar-refractivity contribution in [3.63, 3.8) is 0 Å². The van der Waals surface area contributed by atoms with Crippen molar-refractivity contribution in [3.05, 3.63) is 43.5 Å². The summed E-state index contributed by atoms with van der Waals surface area (Å²) in [6.45, 7) is 23.6. The molecule has 0 aromatic carbocycles. The molecule has 15 nitrogen and oxygen atoms in total. The van der Waals surface area contributed by atoms with E-state index in [1.807, 2.05) is 0 Å². The number of amides is 1. The topological polar surface area (TPSA) is 187 Å². The average molecular weight is 893 g/mol. The SMILES string of the molecule is CCCCCCCCCCCCCCCC(=O)N1[C@H](C(=O)OC)[C@@H]([C@H]2O[C@@H](n3ccc(=O)[nH]c3=O)[C@H](O[Si](C)(C)C(C)(C)C)[C@@H]2O[Si](C)(C)C(C)(C)C)O[C@@H]1CCCN=[N+]=[N-]. The van der Waals surface area contributed by atoms with Crippen LogP contribution in [0.25, 0.3) is 10.4 Å². The second-order valence-corrected chi connectivity index (χ2v) is 29.6. The summed E-state index contributed by atoms with van der Waals surface area (Å²) in [6.07, 6.45) is 11.8. The standard InChI is InChI=1S/C44H80N6O9Si2/c1-13-14-15-16-17-18-19-20-21-22-23-24-25-27-33(52)50-34(28-26-30-46-48-45)56-36(35(50)41(53)55-8)37-38(58-60(9,10)43(2,3)4)39(59-61(11,12)44(5,6)7)40(57-37)49-31-29-32(51)47-42(49)54/h29,31,34-40H,13-28,30H2,1-12H3,(H,47,51,54)/t34-,35+,36+,37-,38-,39-,40-/m1/s1. The average Bonchev–Trinajstić information content (AvgIpc) is 3.71. The fraction of sp³-hybridized carbons (Fsp3) is 0.864. The van der Waals surface area contributed by atoms with Gasteiger partial charge < -0.3 is 28.0 Å². The summed E-state index contributed by atoms with van der Waals surface area (Å²) in [5.74, 6) is -0.903. The van der Waals surface area contributed by atoms with E-state index in [1.54, 1.807) is 0 Å². The van der Waals surface area contributed by atoms with Crippen molar-refractivity contribution in [2.45, 2.75) is 230 Å². The number of carbonyl (C=O) groups excluding carboxylic acids is 2. The Kier molecular flexibility index (Phi) is 20.5. The Hall–Kier alpha value is -2.80. The third-order valence-electron chi connectivity index (χ3n) is 13.4. The molecule has 17 heteroatoms. The lowest BCUT2D eigenvalue weighted by molar-refractivity contribution is -0.154. The van der Waals surface area contributed by atoms with Gasteiger partial charge in [0.25, 0.3) is 5.56 Å². The van der Waals surface area contributed by atoms with Crippen LogP contribution < -0.4 is 11.2 Å². The Morgan fingerprint density at radius 1 is 0.803 bits per heavy atom. The van der Waals surface area contributed by atoms with Gasteiger partial charge in [0.05, 0.1) is 7.11 Å². The molecule has 2 aliphatic rings. The zero-order valence-corrected chi connectivity index (χ0v) is 41.6. The Balaban J connectivity index is 1.99. The Bertz CT molecular complexity index is 1700. The zero-order valence-electron chi connectivity index (χ0n) is 39.6. The molecule has 0 saturated carbocycles. The largest absolute Gasteiger partial charge is 0.467 e. The molecule has 348 valence electrons. The van der Waals surface area contributed by atoms with Gasteiger partial charge in [0, 0.05) is 30.1 Å². The van der Waals surface area contributed by atoms with Crippen molar-refractivity contribution >= 4 is 28.5 Å². The summed E-state index contributed by atoms with van der Waals surface area (Å²) in [5, 5.41) is 3.19. The predicted octanol–water partition coefficient (Wildman–Crippen LogP) is 9.88. The number of carbonyl (C=O) groups is 2. The van der Waals surface area contributed by atoms with Gasteiger partial charge in [-0.15, -0.1) is 0 Å². The zero-order chi connectivity index (χ0) is 45.6. The number of H-pyrrole nitrogens is 1. The van der Waals surface area contributed by atoms with Gasteiger partial charge in [-0.1, -0.05) is 131 Å². The highest BCUT2D eigenvalue weighted by atomic mass is 28.4. The van der Waals surface area contributed by atoms with Crippen LogP contribution in [-0.4, -0.2) is 93.3 Å². The number of aromatic amines is 1. The Labute approximate surface area is 367 Å². The van der Waals surface area contributed by atoms with Crippen molar-refractivity contribution in [2.24, 2.45) is 5.11 Å². The summed E-state index contributed by atoms with van der Waals surface area (Å²) in [7, 11) is -4.00. The minimum absolute atomic E-state index is 0.182. The lowest BCUT2D eigenvalue weighted by Gasteiger charge is -2.44. The monoisotopic (exact) mass is 893 g/mol. The lowest BCUT2D eigenvalue weighted by atomic mass is 9.98. The maximum Gasteiger partial charge on any atom is 0.331 e. The fourth-order valence-electron chi connectivity index (χ4n) is 7.69. The van der Waals surface area contributed by atoms with E-state index < -0.39 is 76.8 Å². The molecule has 1 aromatic rings. The molecule has 3 heterocycles. The normalized spacial score (nSPS) is 23.6. The molecule has 2 saturated heterocycles. The lowest BCUT2D eigenvalue weighted by Crippen LogP contribution is -2.57. The van der Waals surface area contributed by atoms with E-state index in [-0.39, 0.29) is 28.9 Å². The number of nitrogens with zero attached hydrogens (tertiary/aromatic N) is 5. The Morgan fingerprint density at radius 3 is 1.82 bits per heavy atom. The highest BCUT2D eigenvalue weighted by Crippen LogP contribution is 2.48. The fourth-order valence-corrected chi connectivity index (χ4v) is 10.3. The van der Waals surface area contributed by atoms with E-state index >= 15 is 0 Å². The van der Waals surface area contributed by atoms with Gasteiger partial charge in [-0.05, 0) is 61.1 Å². The van der Waals surface area contributed by atoms with E-state index in [9.17, 15) is 19.2 Å². The third kappa shape index (κ3) is 14.6. The third-order valence-corrected chi connectivity index (χ3v) is 22.3. The van der Waals surface area contributed by atoms with Crippen molar-refractivity contribution in [2.75, 3.05) is 13.7 Å². The number of unbranched alkanes of at least 4 members (excludes halogenated alkanes) is 12. The summed E-state index contributed by atoms with van der Waals surface area (Å²) in [6, 6.07) is 0.0459. The van der Waals surface area contributed by atoms with Crippen LogP contribution in [0.2, 0.25) is 36.3 Å². The number of ether oxygens (including phenoxy) is 3. The summed E-state index contributed by atoms with van der Waals surface area (Å²) in [4.78, 5) is 61.0. The van der Waals surface area contributed by atoms with Crippen molar-refractivity contribution in [1.82, 2.24) is 14.5 Å². The molecule has 0 unspecified atom stereocenters. The molecular weight excluding hydrogens is 813 g/mol. The molecule has 2 fully saturated rings. The van der Waals surface area contributed by atoms with Crippen molar-refractivity contribution < 1.29 is 32.7 Å². The molecule has 1 N–H and O–H groups in total.